The number of oxazole rings is 1. The standard InChI is InChI=1S/C19H22N2O2S/c1-13(15-6-5-7-17(10-15)22-4)21(3)11-18-14(2)23-19(20-18)16-8-9-24-12-16/h5-10,12-13H,11H2,1-4H3. The van der Waals surface area contributed by atoms with Crippen LogP contribution in [0.3, 0.4) is 0 Å². The van der Waals surface area contributed by atoms with Gasteiger partial charge in [-0.2, -0.15) is 11.3 Å². The number of hydrogen-bond donors (Lipinski definition) is 0. The molecule has 2 heterocycles. The van der Waals surface area contributed by atoms with Crippen molar-refractivity contribution < 1.29 is 9.15 Å². The Hall–Kier alpha value is -2.11. The van der Waals surface area contributed by atoms with Crippen LogP contribution in [0.15, 0.2) is 45.5 Å². The van der Waals surface area contributed by atoms with Gasteiger partial charge < -0.3 is 9.15 Å². The third-order valence-corrected chi connectivity index (χ3v) is 4.98. The summed E-state index contributed by atoms with van der Waals surface area (Å²) in [7, 11) is 3.79. The first kappa shape index (κ1) is 16.7. The van der Waals surface area contributed by atoms with Crippen molar-refractivity contribution in [3.63, 3.8) is 0 Å². The molecular formula is C19H22N2O2S. The van der Waals surface area contributed by atoms with Gasteiger partial charge in [-0.1, -0.05) is 12.1 Å². The highest BCUT2D eigenvalue weighted by molar-refractivity contribution is 7.08. The first-order valence-electron chi connectivity index (χ1n) is 7.91. The molecular weight excluding hydrogens is 320 g/mol. The lowest BCUT2D eigenvalue weighted by Crippen LogP contribution is -2.22. The average Bonchev–Trinajstić information content (AvgIpc) is 3.24. The van der Waals surface area contributed by atoms with E-state index in [0.29, 0.717) is 5.89 Å². The molecule has 3 aromatic rings. The van der Waals surface area contributed by atoms with Crippen molar-refractivity contribution in [2.45, 2.75) is 26.4 Å². The molecule has 0 spiro atoms. The average molecular weight is 342 g/mol. The molecule has 0 radical (unpaired) electrons. The molecule has 1 atom stereocenters. The second kappa shape index (κ2) is 7.20. The lowest BCUT2D eigenvalue weighted by molar-refractivity contribution is 0.248. The molecule has 4 nitrogen and oxygen atoms in total. The maximum atomic E-state index is 5.83. The minimum absolute atomic E-state index is 0.251. The number of benzene rings is 1. The summed E-state index contributed by atoms with van der Waals surface area (Å²) in [4.78, 5) is 6.94. The van der Waals surface area contributed by atoms with Gasteiger partial charge in [0.15, 0.2) is 0 Å². The molecule has 0 N–H and O–H groups in total. The summed E-state index contributed by atoms with van der Waals surface area (Å²) in [5.74, 6) is 2.46. The molecule has 0 amide bonds. The van der Waals surface area contributed by atoms with Gasteiger partial charge in [-0.25, -0.2) is 4.98 Å². The van der Waals surface area contributed by atoms with Crippen LogP contribution in [-0.4, -0.2) is 24.0 Å². The van der Waals surface area contributed by atoms with Crippen molar-refractivity contribution in [2.75, 3.05) is 14.2 Å². The van der Waals surface area contributed by atoms with Gasteiger partial charge in [0, 0.05) is 23.5 Å². The highest BCUT2D eigenvalue weighted by atomic mass is 32.1. The molecule has 1 unspecified atom stereocenters. The molecule has 0 aliphatic rings. The summed E-state index contributed by atoms with van der Waals surface area (Å²) in [6, 6.07) is 10.5. The minimum Gasteiger partial charge on any atom is -0.497 e. The maximum absolute atomic E-state index is 5.83. The Morgan fingerprint density at radius 2 is 2.17 bits per heavy atom. The van der Waals surface area contributed by atoms with Crippen LogP contribution >= 0.6 is 11.3 Å². The molecule has 5 heteroatoms. The molecule has 3 rings (SSSR count). The van der Waals surface area contributed by atoms with Crippen LogP contribution < -0.4 is 4.74 Å². The van der Waals surface area contributed by atoms with E-state index in [9.17, 15) is 0 Å². The van der Waals surface area contributed by atoms with Crippen LogP contribution in [0.25, 0.3) is 11.5 Å². The number of aryl methyl sites for hydroxylation is 1. The number of aromatic nitrogens is 1. The maximum Gasteiger partial charge on any atom is 0.227 e. The van der Waals surface area contributed by atoms with Gasteiger partial charge in [0.1, 0.15) is 11.5 Å². The van der Waals surface area contributed by atoms with Crippen molar-refractivity contribution in [3.8, 4) is 17.2 Å². The zero-order valence-corrected chi connectivity index (χ0v) is 15.3. The van der Waals surface area contributed by atoms with Crippen LogP contribution in [0.2, 0.25) is 0 Å². The summed E-state index contributed by atoms with van der Waals surface area (Å²) in [6.07, 6.45) is 0. The molecule has 0 aliphatic heterocycles. The lowest BCUT2D eigenvalue weighted by Gasteiger charge is -2.24. The normalized spacial score (nSPS) is 12.5. The molecule has 0 fully saturated rings. The summed E-state index contributed by atoms with van der Waals surface area (Å²) >= 11 is 1.65. The predicted molar refractivity (Wildman–Crippen MR) is 97.4 cm³/mol. The third-order valence-electron chi connectivity index (χ3n) is 4.30. The summed E-state index contributed by atoms with van der Waals surface area (Å²) in [5.41, 5.74) is 3.24. The van der Waals surface area contributed by atoms with E-state index in [1.807, 2.05) is 30.5 Å². The van der Waals surface area contributed by atoms with Crippen molar-refractivity contribution in [1.29, 1.82) is 0 Å². The Bertz CT molecular complexity index is 796. The lowest BCUT2D eigenvalue weighted by atomic mass is 10.1. The number of hydrogen-bond acceptors (Lipinski definition) is 5. The first-order chi connectivity index (χ1) is 11.6. The van der Waals surface area contributed by atoms with E-state index in [2.05, 4.69) is 41.4 Å². The van der Waals surface area contributed by atoms with Crippen LogP contribution in [0.5, 0.6) is 5.75 Å². The second-order valence-corrected chi connectivity index (χ2v) is 6.68. The van der Waals surface area contributed by atoms with E-state index in [4.69, 9.17) is 9.15 Å². The van der Waals surface area contributed by atoms with Gasteiger partial charge in [-0.05, 0) is 50.0 Å². The molecule has 0 saturated carbocycles. The summed E-state index contributed by atoms with van der Waals surface area (Å²) in [6.45, 7) is 4.89. The largest absolute Gasteiger partial charge is 0.497 e. The van der Waals surface area contributed by atoms with Crippen molar-refractivity contribution in [2.24, 2.45) is 0 Å². The Kier molecular flexibility index (Phi) is 5.02. The Morgan fingerprint density at radius 3 is 2.88 bits per heavy atom. The van der Waals surface area contributed by atoms with Gasteiger partial charge in [0.25, 0.3) is 0 Å². The number of thiophene rings is 1. The van der Waals surface area contributed by atoms with Gasteiger partial charge in [0.05, 0.1) is 12.8 Å². The summed E-state index contributed by atoms with van der Waals surface area (Å²) < 4.78 is 11.2. The van der Waals surface area contributed by atoms with Crippen LogP contribution in [0.4, 0.5) is 0 Å². The van der Waals surface area contributed by atoms with E-state index < -0.39 is 0 Å². The quantitative estimate of drug-likeness (QED) is 0.638. The van der Waals surface area contributed by atoms with E-state index >= 15 is 0 Å². The molecule has 0 bridgehead atoms. The summed E-state index contributed by atoms with van der Waals surface area (Å²) in [5, 5.41) is 4.09. The highest BCUT2D eigenvalue weighted by Gasteiger charge is 2.17. The molecule has 126 valence electrons. The smallest absolute Gasteiger partial charge is 0.227 e. The first-order valence-corrected chi connectivity index (χ1v) is 8.86. The van der Waals surface area contributed by atoms with Gasteiger partial charge in [0.2, 0.25) is 5.89 Å². The number of rotatable bonds is 6. The number of methoxy groups -OCH3 is 1. The molecule has 1 aromatic carbocycles. The molecule has 24 heavy (non-hydrogen) atoms. The van der Waals surface area contributed by atoms with Crippen molar-refractivity contribution in [1.82, 2.24) is 9.88 Å². The van der Waals surface area contributed by atoms with Crippen LogP contribution in [0, 0.1) is 6.92 Å². The minimum atomic E-state index is 0.251. The number of nitrogens with zero attached hydrogens (tertiary/aromatic N) is 2. The van der Waals surface area contributed by atoms with E-state index in [1.165, 1.54) is 5.56 Å². The SMILES string of the molecule is COc1cccc(C(C)N(C)Cc2nc(-c3ccsc3)oc2C)c1. The fraction of sp³-hybridized carbons (Fsp3) is 0.316. The predicted octanol–water partition coefficient (Wildman–Crippen LogP) is 4.91. The monoisotopic (exact) mass is 342 g/mol. The van der Waals surface area contributed by atoms with Crippen LogP contribution in [-0.2, 0) is 6.54 Å². The highest BCUT2D eigenvalue weighted by Crippen LogP contribution is 2.27. The fourth-order valence-electron chi connectivity index (χ4n) is 2.61. The van der Waals surface area contributed by atoms with Crippen molar-refractivity contribution in [3.05, 3.63) is 58.1 Å². The molecule has 0 saturated heterocycles. The third kappa shape index (κ3) is 3.52. The number of ether oxygens (including phenoxy) is 1. The van der Waals surface area contributed by atoms with Gasteiger partial charge in [-0.3, -0.25) is 4.90 Å². The zero-order valence-electron chi connectivity index (χ0n) is 14.4. The van der Waals surface area contributed by atoms with E-state index in [0.717, 1.165) is 29.3 Å². The molecule has 2 aromatic heterocycles. The second-order valence-electron chi connectivity index (χ2n) is 5.90. The fourth-order valence-corrected chi connectivity index (χ4v) is 3.24. The van der Waals surface area contributed by atoms with Crippen molar-refractivity contribution >= 4 is 11.3 Å². The topological polar surface area (TPSA) is 38.5 Å². The van der Waals surface area contributed by atoms with E-state index in [-0.39, 0.29) is 6.04 Å². The molecule has 0 aliphatic carbocycles. The Morgan fingerprint density at radius 1 is 1.33 bits per heavy atom. The van der Waals surface area contributed by atoms with E-state index in [1.54, 1.807) is 18.4 Å². The Labute approximate surface area is 146 Å². The zero-order chi connectivity index (χ0) is 17.1. The van der Waals surface area contributed by atoms with Gasteiger partial charge >= 0.3 is 0 Å². The van der Waals surface area contributed by atoms with Gasteiger partial charge in [-0.15, -0.1) is 0 Å². The van der Waals surface area contributed by atoms with Crippen LogP contribution in [0.1, 0.15) is 30.0 Å². The Balaban J connectivity index is 1.75.